The molecule has 0 heterocycles. The summed E-state index contributed by atoms with van der Waals surface area (Å²) in [5.41, 5.74) is 4.11. The van der Waals surface area contributed by atoms with Crippen LogP contribution in [0.1, 0.15) is 18.1 Å². The molecule has 4 nitrogen and oxygen atoms in total. The van der Waals surface area contributed by atoms with Crippen molar-refractivity contribution >= 4 is 35.3 Å². The Balaban J connectivity index is 1.86. The first kappa shape index (κ1) is 17.3. The number of nitrogens with zero attached hydrogens (tertiary/aromatic N) is 1. The van der Waals surface area contributed by atoms with Gasteiger partial charge in [-0.2, -0.15) is 5.10 Å². The quantitative estimate of drug-likeness (QED) is 0.630. The van der Waals surface area contributed by atoms with Gasteiger partial charge in [0.25, 0.3) is 5.91 Å². The van der Waals surface area contributed by atoms with Crippen LogP contribution in [0, 0.1) is 0 Å². The summed E-state index contributed by atoms with van der Waals surface area (Å²) in [5, 5.41) is 4.86. The maximum atomic E-state index is 11.7. The second kappa shape index (κ2) is 8.56. The Morgan fingerprint density at radius 1 is 1.26 bits per heavy atom. The third kappa shape index (κ3) is 5.27. The van der Waals surface area contributed by atoms with E-state index in [0.29, 0.717) is 21.4 Å². The van der Waals surface area contributed by atoms with Crippen LogP contribution in [0.15, 0.2) is 47.6 Å². The number of hydrogen-bond donors (Lipinski definition) is 1. The molecule has 0 saturated heterocycles. The van der Waals surface area contributed by atoms with E-state index in [1.165, 1.54) is 6.21 Å². The van der Waals surface area contributed by atoms with Crippen molar-refractivity contribution in [3.63, 3.8) is 0 Å². The zero-order valence-corrected chi connectivity index (χ0v) is 14.1. The van der Waals surface area contributed by atoms with E-state index >= 15 is 0 Å². The maximum Gasteiger partial charge on any atom is 0.277 e. The first-order valence-corrected chi connectivity index (χ1v) is 7.83. The highest BCUT2D eigenvalue weighted by Gasteiger charge is 2.05. The number of halogens is 2. The van der Waals surface area contributed by atoms with Crippen molar-refractivity contribution in [2.24, 2.45) is 5.10 Å². The van der Waals surface area contributed by atoms with Crippen LogP contribution in [-0.2, 0) is 11.2 Å². The number of para-hydroxylation sites is 1. The molecule has 0 aliphatic heterocycles. The summed E-state index contributed by atoms with van der Waals surface area (Å²) in [4.78, 5) is 11.7. The van der Waals surface area contributed by atoms with Crippen LogP contribution in [0.5, 0.6) is 5.75 Å². The van der Waals surface area contributed by atoms with E-state index in [-0.39, 0.29) is 12.5 Å². The lowest BCUT2D eigenvalue weighted by molar-refractivity contribution is -0.123. The number of rotatable bonds is 6. The number of aryl methyl sites for hydroxylation is 1. The van der Waals surface area contributed by atoms with E-state index in [2.05, 4.69) is 10.5 Å². The molecule has 0 atom stereocenters. The lowest BCUT2D eigenvalue weighted by Gasteiger charge is -2.09. The highest BCUT2D eigenvalue weighted by atomic mass is 35.5. The average Bonchev–Trinajstić information content (AvgIpc) is 2.55. The number of ether oxygens (including phenoxy) is 1. The molecule has 0 aliphatic carbocycles. The smallest absolute Gasteiger partial charge is 0.277 e. The molecule has 0 saturated carbocycles. The molecule has 0 spiro atoms. The molecule has 2 rings (SSSR count). The number of carbonyl (C=O) groups excluding carboxylic acids is 1. The van der Waals surface area contributed by atoms with Gasteiger partial charge < -0.3 is 4.74 Å². The fourth-order valence-electron chi connectivity index (χ4n) is 1.89. The van der Waals surface area contributed by atoms with Crippen molar-refractivity contribution in [2.75, 3.05) is 6.61 Å². The van der Waals surface area contributed by atoms with Gasteiger partial charge in [-0.25, -0.2) is 5.43 Å². The summed E-state index contributed by atoms with van der Waals surface area (Å²) < 4.78 is 5.50. The van der Waals surface area contributed by atoms with Gasteiger partial charge >= 0.3 is 0 Å². The average molecular weight is 351 g/mol. The number of hydrogen-bond acceptors (Lipinski definition) is 3. The predicted molar refractivity (Wildman–Crippen MR) is 93.5 cm³/mol. The normalized spacial score (nSPS) is 10.7. The lowest BCUT2D eigenvalue weighted by Crippen LogP contribution is -2.24. The van der Waals surface area contributed by atoms with E-state index in [1.807, 2.05) is 31.2 Å². The number of benzene rings is 2. The molecular formula is C17H16Cl2N2O2. The Hall–Kier alpha value is -2.04. The van der Waals surface area contributed by atoms with E-state index in [1.54, 1.807) is 18.2 Å². The highest BCUT2D eigenvalue weighted by molar-refractivity contribution is 6.36. The van der Waals surface area contributed by atoms with Gasteiger partial charge in [-0.15, -0.1) is 0 Å². The first-order valence-electron chi connectivity index (χ1n) is 7.07. The highest BCUT2D eigenvalue weighted by Crippen LogP contribution is 2.19. The van der Waals surface area contributed by atoms with Gasteiger partial charge in [0.2, 0.25) is 0 Å². The molecule has 2 aromatic carbocycles. The molecule has 23 heavy (non-hydrogen) atoms. The largest absolute Gasteiger partial charge is 0.483 e. The van der Waals surface area contributed by atoms with Gasteiger partial charge in [0.15, 0.2) is 6.61 Å². The predicted octanol–water partition coefficient (Wildman–Crippen LogP) is 4.08. The van der Waals surface area contributed by atoms with Crippen LogP contribution in [0.2, 0.25) is 10.0 Å². The summed E-state index contributed by atoms with van der Waals surface area (Å²) in [6, 6.07) is 12.6. The molecule has 0 aromatic heterocycles. The summed E-state index contributed by atoms with van der Waals surface area (Å²) in [6.07, 6.45) is 2.29. The van der Waals surface area contributed by atoms with Gasteiger partial charge in [0, 0.05) is 10.6 Å². The van der Waals surface area contributed by atoms with Crippen molar-refractivity contribution < 1.29 is 9.53 Å². The van der Waals surface area contributed by atoms with E-state index in [0.717, 1.165) is 12.0 Å². The van der Waals surface area contributed by atoms with Gasteiger partial charge in [-0.1, -0.05) is 54.4 Å². The van der Waals surface area contributed by atoms with Crippen LogP contribution in [-0.4, -0.2) is 18.7 Å². The second-order valence-electron chi connectivity index (χ2n) is 4.71. The van der Waals surface area contributed by atoms with E-state index < -0.39 is 0 Å². The number of carbonyl (C=O) groups is 1. The second-order valence-corrected chi connectivity index (χ2v) is 5.55. The third-order valence-corrected chi connectivity index (χ3v) is 3.63. The molecule has 6 heteroatoms. The molecule has 0 bridgehead atoms. The summed E-state index contributed by atoms with van der Waals surface area (Å²) in [5.74, 6) is 0.354. The van der Waals surface area contributed by atoms with Crippen molar-refractivity contribution in [1.82, 2.24) is 5.43 Å². The standard InChI is InChI=1S/C17H16Cl2N2O2/c1-2-12-5-3-4-6-16(12)23-11-17(22)21-20-10-13-7-8-14(18)9-15(13)19/h3-10H,2,11H2,1H3,(H,21,22)/b20-10+. The Labute approximate surface area is 145 Å². The van der Waals surface area contributed by atoms with E-state index in [9.17, 15) is 4.79 Å². The molecule has 0 fully saturated rings. The minimum absolute atomic E-state index is 0.108. The van der Waals surface area contributed by atoms with Crippen LogP contribution in [0.4, 0.5) is 0 Å². The fraction of sp³-hybridized carbons (Fsp3) is 0.176. The van der Waals surface area contributed by atoms with Crippen LogP contribution >= 0.6 is 23.2 Å². The van der Waals surface area contributed by atoms with E-state index in [4.69, 9.17) is 27.9 Å². The fourth-order valence-corrected chi connectivity index (χ4v) is 2.35. The first-order chi connectivity index (χ1) is 11.1. The lowest BCUT2D eigenvalue weighted by atomic mass is 10.1. The molecule has 0 aliphatic rings. The van der Waals surface area contributed by atoms with Crippen molar-refractivity contribution in [3.8, 4) is 5.75 Å². The summed E-state index contributed by atoms with van der Waals surface area (Å²) >= 11 is 11.8. The topological polar surface area (TPSA) is 50.7 Å². The van der Waals surface area contributed by atoms with Gasteiger partial charge in [0.1, 0.15) is 5.75 Å². The Morgan fingerprint density at radius 3 is 2.78 bits per heavy atom. The Kier molecular flexibility index (Phi) is 6.44. The molecule has 1 amide bonds. The summed E-state index contributed by atoms with van der Waals surface area (Å²) in [7, 11) is 0. The van der Waals surface area contributed by atoms with Crippen LogP contribution < -0.4 is 10.2 Å². The molecular weight excluding hydrogens is 335 g/mol. The van der Waals surface area contributed by atoms with Crippen LogP contribution in [0.3, 0.4) is 0 Å². The third-order valence-electron chi connectivity index (χ3n) is 3.07. The maximum absolute atomic E-state index is 11.7. The van der Waals surface area contributed by atoms with Gasteiger partial charge in [0.05, 0.1) is 11.2 Å². The minimum atomic E-state index is -0.350. The SMILES string of the molecule is CCc1ccccc1OCC(=O)N/N=C/c1ccc(Cl)cc1Cl. The van der Waals surface area contributed by atoms with Crippen LogP contribution in [0.25, 0.3) is 0 Å². The summed E-state index contributed by atoms with van der Waals surface area (Å²) in [6.45, 7) is 1.92. The molecule has 120 valence electrons. The van der Waals surface area contributed by atoms with Gasteiger partial charge in [-0.05, 0) is 30.2 Å². The monoisotopic (exact) mass is 350 g/mol. The minimum Gasteiger partial charge on any atom is -0.483 e. The molecule has 0 unspecified atom stereocenters. The number of nitrogens with one attached hydrogen (secondary N) is 1. The zero-order chi connectivity index (χ0) is 16.7. The van der Waals surface area contributed by atoms with Gasteiger partial charge in [-0.3, -0.25) is 4.79 Å². The zero-order valence-electron chi connectivity index (χ0n) is 12.6. The van der Waals surface area contributed by atoms with Crippen molar-refractivity contribution in [2.45, 2.75) is 13.3 Å². The Bertz CT molecular complexity index is 717. The number of amides is 1. The van der Waals surface area contributed by atoms with Crippen molar-refractivity contribution in [3.05, 3.63) is 63.6 Å². The molecule has 1 N–H and O–H groups in total. The van der Waals surface area contributed by atoms with Crippen molar-refractivity contribution in [1.29, 1.82) is 0 Å². The Morgan fingerprint density at radius 2 is 2.04 bits per heavy atom. The molecule has 2 aromatic rings. The number of hydrazone groups is 1. The molecule has 0 radical (unpaired) electrons.